The van der Waals surface area contributed by atoms with E-state index >= 15 is 0 Å². The topological polar surface area (TPSA) is 81.7 Å². The molecular weight excluding hydrogens is 390 g/mol. The highest BCUT2D eigenvalue weighted by Gasteiger charge is 2.19. The quantitative estimate of drug-likeness (QED) is 0.663. The lowest BCUT2D eigenvalue weighted by molar-refractivity contribution is 0.0503. The van der Waals surface area contributed by atoms with Gasteiger partial charge in [-0.3, -0.25) is 0 Å². The molecule has 1 unspecified atom stereocenters. The molecule has 1 N–H and O–H groups in total. The van der Waals surface area contributed by atoms with Crippen molar-refractivity contribution in [3.63, 3.8) is 0 Å². The summed E-state index contributed by atoms with van der Waals surface area (Å²) < 4.78 is 35.3. The second kappa shape index (κ2) is 9.31. The monoisotopic (exact) mass is 419 g/mol. The minimum absolute atomic E-state index is 0.0899. The molecule has 0 saturated heterocycles. The van der Waals surface area contributed by atoms with E-state index in [1.165, 1.54) is 12.1 Å². The molecule has 0 saturated carbocycles. The van der Waals surface area contributed by atoms with Gasteiger partial charge in [0.1, 0.15) is 16.2 Å². The summed E-state index contributed by atoms with van der Waals surface area (Å²) in [6.45, 7) is 9.32. The van der Waals surface area contributed by atoms with Gasteiger partial charge < -0.3 is 14.2 Å². The molecule has 1 atom stereocenters. The fraction of sp³-hybridized carbons (Fsp3) is 0.409. The number of alkyl carbamates (subject to hydrolysis) is 1. The first-order chi connectivity index (χ1) is 13.5. The molecule has 2 rings (SSSR count). The van der Waals surface area contributed by atoms with Gasteiger partial charge in [0.25, 0.3) is 0 Å². The molecule has 29 heavy (non-hydrogen) atoms. The summed E-state index contributed by atoms with van der Waals surface area (Å²) in [5.74, 6) is 0.238. The highest BCUT2D eigenvalue weighted by Crippen LogP contribution is 2.20. The van der Waals surface area contributed by atoms with Gasteiger partial charge in [-0.05, 0) is 70.4 Å². The molecule has 0 aliphatic rings. The average molecular weight is 420 g/mol. The van der Waals surface area contributed by atoms with E-state index in [1.807, 2.05) is 34.6 Å². The number of aryl methyl sites for hydroxylation is 1. The summed E-state index contributed by atoms with van der Waals surface area (Å²) >= 11 is 0. The van der Waals surface area contributed by atoms with Gasteiger partial charge in [0.05, 0.1) is 0 Å². The van der Waals surface area contributed by atoms with Crippen molar-refractivity contribution in [1.82, 2.24) is 5.32 Å². The predicted molar refractivity (Wildman–Crippen MR) is 113 cm³/mol. The van der Waals surface area contributed by atoms with Crippen LogP contribution in [0.4, 0.5) is 4.79 Å². The lowest BCUT2D eigenvalue weighted by Gasteiger charge is -2.23. The minimum Gasteiger partial charge on any atom is -0.444 e. The molecule has 158 valence electrons. The zero-order chi connectivity index (χ0) is 21.7. The van der Waals surface area contributed by atoms with E-state index in [9.17, 15) is 13.2 Å². The predicted octanol–water partition coefficient (Wildman–Crippen LogP) is 4.61. The van der Waals surface area contributed by atoms with E-state index in [1.54, 1.807) is 36.4 Å². The van der Waals surface area contributed by atoms with Crippen LogP contribution in [0.25, 0.3) is 0 Å². The van der Waals surface area contributed by atoms with Crippen molar-refractivity contribution in [2.75, 3.05) is 0 Å². The first-order valence-corrected chi connectivity index (χ1v) is 11.0. The second-order valence-electron chi connectivity index (χ2n) is 7.95. The van der Waals surface area contributed by atoms with E-state index in [0.717, 1.165) is 17.5 Å². The number of benzene rings is 2. The van der Waals surface area contributed by atoms with E-state index in [2.05, 4.69) is 5.32 Å². The van der Waals surface area contributed by atoms with Gasteiger partial charge in [0, 0.05) is 6.04 Å². The maximum Gasteiger partial charge on any atom is 0.407 e. The van der Waals surface area contributed by atoms with Crippen LogP contribution in [0.5, 0.6) is 5.75 Å². The third-order valence-corrected chi connectivity index (χ3v) is 5.40. The number of carbonyl (C=O) groups excluding carboxylic acids is 1. The molecule has 6 nitrogen and oxygen atoms in total. The Morgan fingerprint density at radius 2 is 1.62 bits per heavy atom. The lowest BCUT2D eigenvalue weighted by atomic mass is 10.0. The summed E-state index contributed by atoms with van der Waals surface area (Å²) in [6.07, 6.45) is 0.883. The Morgan fingerprint density at radius 1 is 1.03 bits per heavy atom. The van der Waals surface area contributed by atoms with Crippen LogP contribution < -0.4 is 9.50 Å². The number of hydrogen-bond donors (Lipinski definition) is 1. The Hall–Kier alpha value is -2.54. The van der Waals surface area contributed by atoms with Gasteiger partial charge in [-0.1, -0.05) is 36.8 Å². The summed E-state index contributed by atoms with van der Waals surface area (Å²) in [5, 5.41) is 2.86. The molecule has 0 spiro atoms. The highest BCUT2D eigenvalue weighted by atomic mass is 32.2. The molecule has 7 heteroatoms. The van der Waals surface area contributed by atoms with Crippen molar-refractivity contribution in [3.05, 3.63) is 59.7 Å². The number of rotatable bonds is 7. The van der Waals surface area contributed by atoms with E-state index in [4.69, 9.17) is 8.92 Å². The van der Waals surface area contributed by atoms with Crippen LogP contribution in [0.1, 0.15) is 45.2 Å². The van der Waals surface area contributed by atoms with Gasteiger partial charge in [0.2, 0.25) is 0 Å². The second-order valence-corrected chi connectivity index (χ2v) is 9.50. The fourth-order valence-electron chi connectivity index (χ4n) is 2.62. The molecule has 0 aliphatic carbocycles. The number of amides is 1. The smallest absolute Gasteiger partial charge is 0.407 e. The number of carbonyl (C=O) groups is 1. The van der Waals surface area contributed by atoms with E-state index in [-0.39, 0.29) is 16.7 Å². The zero-order valence-corrected chi connectivity index (χ0v) is 18.4. The highest BCUT2D eigenvalue weighted by molar-refractivity contribution is 7.87. The lowest BCUT2D eigenvalue weighted by Crippen LogP contribution is -2.39. The molecule has 0 bridgehead atoms. The third-order valence-electron chi connectivity index (χ3n) is 4.13. The normalized spacial score (nSPS) is 12.9. The first kappa shape index (κ1) is 22.7. The van der Waals surface area contributed by atoms with Crippen LogP contribution in [-0.2, 0) is 21.3 Å². The average Bonchev–Trinajstić information content (AvgIpc) is 2.61. The molecular formula is C22H29NO5S. The van der Waals surface area contributed by atoms with Crippen LogP contribution in [-0.4, -0.2) is 26.2 Å². The standard InChI is InChI=1S/C22H29NO5S/c1-6-18(23-21(24)27-22(3,4)5)15-17-9-11-19(12-10-17)28-29(25,26)20-13-7-16(2)8-14-20/h7-14,18H,6,15H2,1-5H3,(H,23,24). The van der Waals surface area contributed by atoms with Gasteiger partial charge in [-0.15, -0.1) is 0 Å². The van der Waals surface area contributed by atoms with Crippen molar-refractivity contribution in [3.8, 4) is 5.75 Å². The van der Waals surface area contributed by atoms with Crippen LogP contribution in [0.3, 0.4) is 0 Å². The van der Waals surface area contributed by atoms with Gasteiger partial charge in [-0.2, -0.15) is 8.42 Å². The zero-order valence-electron chi connectivity index (χ0n) is 17.6. The van der Waals surface area contributed by atoms with Crippen molar-refractivity contribution < 1.29 is 22.1 Å². The summed E-state index contributed by atoms with van der Waals surface area (Å²) in [5.41, 5.74) is 1.37. The van der Waals surface area contributed by atoms with Crippen LogP contribution in [0, 0.1) is 6.92 Å². The Balaban J connectivity index is 2.00. The first-order valence-electron chi connectivity index (χ1n) is 9.58. The molecule has 0 heterocycles. The summed E-state index contributed by atoms with van der Waals surface area (Å²) in [4.78, 5) is 12.1. The molecule has 0 fully saturated rings. The van der Waals surface area contributed by atoms with Crippen molar-refractivity contribution in [2.45, 2.75) is 64.0 Å². The summed E-state index contributed by atoms with van der Waals surface area (Å²) in [7, 11) is -3.88. The number of nitrogens with one attached hydrogen (secondary N) is 1. The molecule has 0 radical (unpaired) electrons. The molecule has 1 amide bonds. The SMILES string of the molecule is CCC(Cc1ccc(OS(=O)(=O)c2ccc(C)cc2)cc1)NC(=O)OC(C)(C)C. The van der Waals surface area contributed by atoms with Gasteiger partial charge in [0.15, 0.2) is 0 Å². The van der Waals surface area contributed by atoms with E-state index in [0.29, 0.717) is 6.42 Å². The van der Waals surface area contributed by atoms with Gasteiger partial charge >= 0.3 is 16.2 Å². The Labute approximate surface area is 173 Å². The van der Waals surface area contributed by atoms with Crippen molar-refractivity contribution in [2.24, 2.45) is 0 Å². The maximum absolute atomic E-state index is 12.4. The molecule has 0 aromatic heterocycles. The maximum atomic E-state index is 12.4. The van der Waals surface area contributed by atoms with Crippen LogP contribution in [0.2, 0.25) is 0 Å². The van der Waals surface area contributed by atoms with Crippen LogP contribution in [0.15, 0.2) is 53.4 Å². The van der Waals surface area contributed by atoms with Crippen LogP contribution >= 0.6 is 0 Å². The molecule has 2 aromatic carbocycles. The van der Waals surface area contributed by atoms with Crippen molar-refractivity contribution in [1.29, 1.82) is 0 Å². The Morgan fingerprint density at radius 3 is 2.14 bits per heavy atom. The molecule has 2 aromatic rings. The number of ether oxygens (including phenoxy) is 1. The largest absolute Gasteiger partial charge is 0.444 e. The summed E-state index contributed by atoms with van der Waals surface area (Å²) in [6, 6.07) is 13.2. The molecule has 0 aliphatic heterocycles. The van der Waals surface area contributed by atoms with Gasteiger partial charge in [-0.25, -0.2) is 4.79 Å². The third kappa shape index (κ3) is 7.42. The number of hydrogen-bond acceptors (Lipinski definition) is 5. The van der Waals surface area contributed by atoms with E-state index < -0.39 is 21.8 Å². The Bertz CT molecular complexity index is 913. The fourth-order valence-corrected chi connectivity index (χ4v) is 3.55. The van der Waals surface area contributed by atoms with Crippen molar-refractivity contribution >= 4 is 16.2 Å². The Kier molecular flexibility index (Phi) is 7.30. The minimum atomic E-state index is -3.88.